The molecule has 68 valence electrons. The summed E-state index contributed by atoms with van der Waals surface area (Å²) in [6.45, 7) is 0. The standard InChI is InChI=1S/C10H6N2OS/c11-12-6-7-5-9(13)8-3-1-2-4-10(8)14-7/h1-6H. The molecular weight excluding hydrogens is 196 g/mol. The van der Waals surface area contributed by atoms with Gasteiger partial charge in [0.2, 0.25) is 0 Å². The van der Waals surface area contributed by atoms with Gasteiger partial charge in [-0.1, -0.05) is 12.1 Å². The predicted octanol–water partition coefficient (Wildman–Crippen LogP) is 1.91. The fourth-order valence-corrected chi connectivity index (χ4v) is 2.19. The van der Waals surface area contributed by atoms with Crippen molar-refractivity contribution in [3.63, 3.8) is 0 Å². The average molecular weight is 202 g/mol. The molecule has 0 aliphatic rings. The van der Waals surface area contributed by atoms with Crippen molar-refractivity contribution in [1.29, 1.82) is 0 Å². The molecule has 0 bridgehead atoms. The van der Waals surface area contributed by atoms with Crippen molar-refractivity contribution in [3.8, 4) is 0 Å². The van der Waals surface area contributed by atoms with Crippen LogP contribution in [0.1, 0.15) is 4.88 Å². The minimum atomic E-state index is -0.0470. The van der Waals surface area contributed by atoms with Gasteiger partial charge in [-0.2, -0.15) is 4.79 Å². The average Bonchev–Trinajstić information content (AvgIpc) is 2.18. The van der Waals surface area contributed by atoms with Crippen LogP contribution in [0.5, 0.6) is 0 Å². The topological polar surface area (TPSA) is 53.5 Å². The molecule has 0 aliphatic carbocycles. The first-order valence-electron chi connectivity index (χ1n) is 4.01. The Hall–Kier alpha value is -1.77. The van der Waals surface area contributed by atoms with E-state index in [1.165, 1.54) is 23.6 Å². The minimum Gasteiger partial charge on any atom is -0.361 e. The van der Waals surface area contributed by atoms with Crippen LogP contribution in [0.15, 0.2) is 35.1 Å². The molecule has 1 heterocycles. The Bertz CT molecular complexity index is 582. The third kappa shape index (κ3) is 1.48. The molecule has 0 fully saturated rings. The molecule has 0 spiro atoms. The Morgan fingerprint density at radius 2 is 2.14 bits per heavy atom. The van der Waals surface area contributed by atoms with Gasteiger partial charge in [-0.25, -0.2) is 0 Å². The van der Waals surface area contributed by atoms with Gasteiger partial charge in [0, 0.05) is 16.2 Å². The van der Waals surface area contributed by atoms with Gasteiger partial charge in [-0.3, -0.25) is 4.79 Å². The number of nitrogens with zero attached hydrogens (tertiary/aromatic N) is 2. The molecule has 0 aliphatic heterocycles. The normalized spacial score (nSPS) is 9.71. The quantitative estimate of drug-likeness (QED) is 0.396. The largest absolute Gasteiger partial charge is 0.361 e. The molecule has 0 amide bonds. The van der Waals surface area contributed by atoms with Crippen molar-refractivity contribution in [1.82, 2.24) is 0 Å². The van der Waals surface area contributed by atoms with Crippen LogP contribution >= 0.6 is 11.3 Å². The SMILES string of the molecule is [N-]=[N+]=Cc1cc(=O)c2ccccc2s1. The van der Waals surface area contributed by atoms with E-state index in [2.05, 4.69) is 4.79 Å². The fraction of sp³-hybridized carbons (Fsp3) is 0. The van der Waals surface area contributed by atoms with Crippen LogP contribution in [0.4, 0.5) is 0 Å². The van der Waals surface area contributed by atoms with Crippen molar-refractivity contribution in [3.05, 3.63) is 51.0 Å². The van der Waals surface area contributed by atoms with E-state index in [0.29, 0.717) is 10.3 Å². The molecule has 3 nitrogen and oxygen atoms in total. The first-order valence-corrected chi connectivity index (χ1v) is 4.83. The second-order valence-electron chi connectivity index (χ2n) is 2.75. The maximum absolute atomic E-state index is 11.5. The molecule has 0 radical (unpaired) electrons. The summed E-state index contributed by atoms with van der Waals surface area (Å²) in [5.74, 6) is 0. The van der Waals surface area contributed by atoms with Crippen LogP contribution in [-0.4, -0.2) is 11.0 Å². The highest BCUT2D eigenvalue weighted by molar-refractivity contribution is 7.19. The van der Waals surface area contributed by atoms with Crippen molar-refractivity contribution in [2.45, 2.75) is 0 Å². The van der Waals surface area contributed by atoms with Crippen molar-refractivity contribution in [2.24, 2.45) is 0 Å². The summed E-state index contributed by atoms with van der Waals surface area (Å²) in [5.41, 5.74) is 8.31. The molecule has 0 saturated heterocycles. The van der Waals surface area contributed by atoms with E-state index in [4.69, 9.17) is 5.53 Å². The highest BCUT2D eigenvalue weighted by atomic mass is 32.1. The van der Waals surface area contributed by atoms with E-state index < -0.39 is 0 Å². The molecule has 4 heteroatoms. The van der Waals surface area contributed by atoms with Crippen molar-refractivity contribution < 1.29 is 4.79 Å². The summed E-state index contributed by atoms with van der Waals surface area (Å²) in [7, 11) is 0. The predicted molar refractivity (Wildman–Crippen MR) is 56.9 cm³/mol. The Labute approximate surface area is 83.9 Å². The van der Waals surface area contributed by atoms with Crippen molar-refractivity contribution >= 4 is 27.6 Å². The highest BCUT2D eigenvalue weighted by Gasteiger charge is 2.02. The van der Waals surface area contributed by atoms with E-state index in [0.717, 1.165) is 4.70 Å². The van der Waals surface area contributed by atoms with Gasteiger partial charge in [0.15, 0.2) is 5.43 Å². The lowest BCUT2D eigenvalue weighted by Gasteiger charge is -1.93. The number of rotatable bonds is 1. The highest BCUT2D eigenvalue weighted by Crippen LogP contribution is 2.16. The minimum absolute atomic E-state index is 0.0470. The van der Waals surface area contributed by atoms with Crippen LogP contribution in [0.2, 0.25) is 0 Å². The van der Waals surface area contributed by atoms with E-state index in [-0.39, 0.29) is 5.43 Å². The summed E-state index contributed by atoms with van der Waals surface area (Å²) in [6, 6.07) is 8.82. The van der Waals surface area contributed by atoms with Gasteiger partial charge in [0.25, 0.3) is 6.21 Å². The molecule has 0 N–H and O–H groups in total. The van der Waals surface area contributed by atoms with E-state index in [9.17, 15) is 4.79 Å². The fourth-order valence-electron chi connectivity index (χ4n) is 1.24. The molecule has 0 atom stereocenters. The third-order valence-corrected chi connectivity index (χ3v) is 2.87. The zero-order valence-electron chi connectivity index (χ0n) is 7.18. The summed E-state index contributed by atoms with van der Waals surface area (Å²) < 4.78 is 0.898. The van der Waals surface area contributed by atoms with Gasteiger partial charge in [0.1, 0.15) is 4.88 Å². The van der Waals surface area contributed by atoms with Crippen LogP contribution in [0.25, 0.3) is 15.6 Å². The van der Waals surface area contributed by atoms with Gasteiger partial charge < -0.3 is 5.53 Å². The Morgan fingerprint density at radius 1 is 1.36 bits per heavy atom. The summed E-state index contributed by atoms with van der Waals surface area (Å²) in [4.78, 5) is 15.1. The molecule has 0 saturated carbocycles. The van der Waals surface area contributed by atoms with Crippen LogP contribution < -0.4 is 5.43 Å². The first kappa shape index (κ1) is 8.81. The molecule has 1 aromatic carbocycles. The van der Waals surface area contributed by atoms with Gasteiger partial charge in [-0.05, 0) is 12.1 Å². The van der Waals surface area contributed by atoms with Crippen molar-refractivity contribution in [2.75, 3.05) is 0 Å². The molecule has 2 aromatic rings. The smallest absolute Gasteiger partial charge is 0.297 e. The van der Waals surface area contributed by atoms with Crippen LogP contribution in [0.3, 0.4) is 0 Å². The van der Waals surface area contributed by atoms with Gasteiger partial charge in [0.05, 0.1) is 0 Å². The number of fused-ring (bicyclic) bond motifs is 1. The molecule has 2 rings (SSSR count). The Morgan fingerprint density at radius 3 is 2.93 bits per heavy atom. The van der Waals surface area contributed by atoms with E-state index in [1.807, 2.05) is 18.2 Å². The van der Waals surface area contributed by atoms with E-state index in [1.54, 1.807) is 6.07 Å². The molecule has 1 aromatic heterocycles. The number of benzene rings is 1. The van der Waals surface area contributed by atoms with Gasteiger partial charge in [-0.15, -0.1) is 11.3 Å². The summed E-state index contributed by atoms with van der Waals surface area (Å²) in [5, 5.41) is 0.701. The zero-order chi connectivity index (χ0) is 9.97. The monoisotopic (exact) mass is 202 g/mol. The lowest BCUT2D eigenvalue weighted by molar-refractivity contribution is 0.00480. The number of hydrogen-bond donors (Lipinski definition) is 0. The third-order valence-electron chi connectivity index (χ3n) is 1.84. The maximum Gasteiger partial charge on any atom is 0.297 e. The molecule has 14 heavy (non-hydrogen) atoms. The zero-order valence-corrected chi connectivity index (χ0v) is 7.99. The van der Waals surface area contributed by atoms with Gasteiger partial charge >= 0.3 is 0 Å². The second-order valence-corrected chi connectivity index (χ2v) is 3.87. The lowest BCUT2D eigenvalue weighted by atomic mass is 10.2. The number of hydrogen-bond acceptors (Lipinski definition) is 2. The molecule has 0 unspecified atom stereocenters. The van der Waals surface area contributed by atoms with Crippen LogP contribution in [0, 0.1) is 0 Å². The second kappa shape index (κ2) is 3.54. The summed E-state index contributed by atoms with van der Waals surface area (Å²) in [6.07, 6.45) is 1.26. The summed E-state index contributed by atoms with van der Waals surface area (Å²) >= 11 is 1.42. The Kier molecular flexibility index (Phi) is 2.23. The first-order chi connectivity index (χ1) is 6.81. The Balaban J connectivity index is 2.85. The lowest BCUT2D eigenvalue weighted by Crippen LogP contribution is -1.99. The molecular formula is C10H6N2OS. The maximum atomic E-state index is 11.5. The van der Waals surface area contributed by atoms with Crippen LogP contribution in [-0.2, 0) is 0 Å². The van der Waals surface area contributed by atoms with E-state index >= 15 is 0 Å².